The minimum atomic E-state index is -0.120. The number of amides is 1. The number of rotatable bonds is 9. The third-order valence-electron chi connectivity index (χ3n) is 9.45. The van der Waals surface area contributed by atoms with E-state index in [1.165, 1.54) is 11.1 Å². The molecule has 41 heavy (non-hydrogen) atoms. The lowest BCUT2D eigenvalue weighted by molar-refractivity contribution is 0.00629. The van der Waals surface area contributed by atoms with Crippen molar-refractivity contribution in [3.8, 4) is 5.75 Å². The molecule has 2 aliphatic rings. The number of hydrogen-bond donors (Lipinski definition) is 1. The molecule has 5 heteroatoms. The van der Waals surface area contributed by atoms with Crippen LogP contribution in [0.5, 0.6) is 5.75 Å². The van der Waals surface area contributed by atoms with Gasteiger partial charge < -0.3 is 14.6 Å². The molecule has 0 bridgehead atoms. The van der Waals surface area contributed by atoms with Crippen LogP contribution in [0.25, 0.3) is 10.8 Å². The smallest absolute Gasteiger partial charge is 0.263 e. The van der Waals surface area contributed by atoms with Crippen molar-refractivity contribution in [2.75, 3.05) is 18.6 Å². The molecule has 0 aliphatic carbocycles. The van der Waals surface area contributed by atoms with Gasteiger partial charge in [0.15, 0.2) is 0 Å². The first-order valence-corrected chi connectivity index (χ1v) is 14.7. The third-order valence-corrected chi connectivity index (χ3v) is 9.45. The van der Waals surface area contributed by atoms with Crippen LogP contribution in [0, 0.1) is 11.8 Å². The predicted octanol–water partition coefficient (Wildman–Crippen LogP) is 7.45. The van der Waals surface area contributed by atoms with Gasteiger partial charge in [-0.3, -0.25) is 9.69 Å². The Labute approximate surface area is 242 Å². The Morgan fingerprint density at radius 1 is 0.902 bits per heavy atom. The van der Waals surface area contributed by atoms with Crippen molar-refractivity contribution in [2.45, 2.75) is 57.7 Å². The van der Waals surface area contributed by atoms with Gasteiger partial charge in [-0.1, -0.05) is 69.3 Å². The maximum absolute atomic E-state index is 13.3. The Morgan fingerprint density at radius 2 is 1.61 bits per heavy atom. The summed E-state index contributed by atoms with van der Waals surface area (Å²) in [7, 11) is 1.69. The average molecular weight is 550 g/mol. The molecule has 212 valence electrons. The SMILES string of the molecule is COc1ccc(C(C)(C)[C@H]2[C@H](C)[C@H](CCc3ccc(N4C(=O)c5cccc6cccc4c56)cc3)O[C@@H]2CCO)cc1. The van der Waals surface area contributed by atoms with E-state index in [1.54, 1.807) is 7.11 Å². The zero-order valence-electron chi connectivity index (χ0n) is 24.3. The van der Waals surface area contributed by atoms with Crippen molar-refractivity contribution in [3.63, 3.8) is 0 Å². The largest absolute Gasteiger partial charge is 0.497 e. The summed E-state index contributed by atoms with van der Waals surface area (Å²) in [6.45, 7) is 7.01. The van der Waals surface area contributed by atoms with Gasteiger partial charge in [0, 0.05) is 17.7 Å². The van der Waals surface area contributed by atoms with Crippen LogP contribution in [0.4, 0.5) is 11.4 Å². The number of carbonyl (C=O) groups is 1. The molecule has 1 saturated heterocycles. The number of ether oxygens (including phenoxy) is 2. The van der Waals surface area contributed by atoms with Gasteiger partial charge in [0.1, 0.15) is 5.75 Å². The van der Waals surface area contributed by atoms with E-state index in [9.17, 15) is 9.90 Å². The molecule has 1 N–H and O–H groups in total. The fourth-order valence-electron chi connectivity index (χ4n) is 7.34. The van der Waals surface area contributed by atoms with Crippen LogP contribution >= 0.6 is 0 Å². The Bertz CT molecular complexity index is 1540. The number of aliphatic hydroxyl groups excluding tert-OH is 1. The van der Waals surface area contributed by atoms with E-state index in [-0.39, 0.29) is 36.1 Å². The van der Waals surface area contributed by atoms with Gasteiger partial charge in [-0.2, -0.15) is 0 Å². The highest BCUT2D eigenvalue weighted by molar-refractivity contribution is 6.27. The van der Waals surface area contributed by atoms with E-state index in [2.05, 4.69) is 69.3 Å². The van der Waals surface area contributed by atoms with Gasteiger partial charge in [0.05, 0.1) is 30.6 Å². The summed E-state index contributed by atoms with van der Waals surface area (Å²) >= 11 is 0. The minimum Gasteiger partial charge on any atom is -0.497 e. The summed E-state index contributed by atoms with van der Waals surface area (Å²) in [6.07, 6.45) is 2.55. The minimum absolute atomic E-state index is 0.00463. The maximum Gasteiger partial charge on any atom is 0.263 e. The molecule has 5 nitrogen and oxygen atoms in total. The molecule has 2 heterocycles. The molecular weight excluding hydrogens is 510 g/mol. The van der Waals surface area contributed by atoms with Gasteiger partial charge in [-0.25, -0.2) is 0 Å². The molecule has 1 amide bonds. The predicted molar refractivity (Wildman–Crippen MR) is 164 cm³/mol. The molecule has 4 aromatic rings. The number of benzene rings is 4. The van der Waals surface area contributed by atoms with E-state index >= 15 is 0 Å². The molecule has 0 unspecified atom stereocenters. The number of aliphatic hydroxyl groups is 1. The lowest BCUT2D eigenvalue weighted by atomic mass is 9.65. The van der Waals surface area contributed by atoms with Gasteiger partial charge in [0.25, 0.3) is 5.91 Å². The number of anilines is 2. The zero-order chi connectivity index (χ0) is 28.7. The number of nitrogens with zero attached hydrogens (tertiary/aromatic N) is 1. The first-order valence-electron chi connectivity index (χ1n) is 14.7. The van der Waals surface area contributed by atoms with E-state index in [0.717, 1.165) is 46.3 Å². The molecule has 0 radical (unpaired) electrons. The second kappa shape index (κ2) is 11.0. The molecule has 0 aromatic heterocycles. The van der Waals surface area contributed by atoms with Crippen molar-refractivity contribution in [3.05, 3.63) is 102 Å². The van der Waals surface area contributed by atoms with Crippen LogP contribution < -0.4 is 9.64 Å². The lowest BCUT2D eigenvalue weighted by Crippen LogP contribution is -2.38. The van der Waals surface area contributed by atoms with Crippen molar-refractivity contribution in [1.29, 1.82) is 0 Å². The molecule has 4 atom stereocenters. The molecule has 4 aromatic carbocycles. The van der Waals surface area contributed by atoms with Gasteiger partial charge in [-0.05, 0) is 89.4 Å². The normalized spacial score (nSPS) is 22.1. The summed E-state index contributed by atoms with van der Waals surface area (Å²) in [6, 6.07) is 28.7. The number of aryl methyl sites for hydroxylation is 1. The van der Waals surface area contributed by atoms with E-state index in [0.29, 0.717) is 12.3 Å². The van der Waals surface area contributed by atoms with Crippen LogP contribution in [0.3, 0.4) is 0 Å². The molecule has 1 fully saturated rings. The van der Waals surface area contributed by atoms with Crippen molar-refractivity contribution in [2.24, 2.45) is 11.8 Å². The maximum atomic E-state index is 13.3. The summed E-state index contributed by atoms with van der Waals surface area (Å²) in [5, 5.41) is 12.0. The summed E-state index contributed by atoms with van der Waals surface area (Å²) in [5.74, 6) is 1.50. The quantitative estimate of drug-likeness (QED) is 0.236. The first kappa shape index (κ1) is 27.5. The monoisotopic (exact) mass is 549 g/mol. The van der Waals surface area contributed by atoms with Crippen LogP contribution in [-0.4, -0.2) is 36.9 Å². The standard InChI is InChI=1S/C36H39NO4/c1-23-31(41-32(21-22-38)34(23)36(2,3)26-14-18-28(40-4)19-15-26)20-13-24-11-16-27(17-12-24)37-30-10-6-8-25-7-5-9-29(33(25)30)35(37)39/h5-12,14-19,23,31-32,34,38H,13,20-22H2,1-4H3/t23-,31+,32-,34+/m1/s1. The second-order valence-electron chi connectivity index (χ2n) is 12.1. The number of carbonyl (C=O) groups excluding carboxylic acids is 1. The average Bonchev–Trinajstić information content (AvgIpc) is 3.47. The molecular formula is C36H39NO4. The van der Waals surface area contributed by atoms with Gasteiger partial charge in [-0.15, -0.1) is 0 Å². The molecule has 0 spiro atoms. The first-order chi connectivity index (χ1) is 19.8. The topological polar surface area (TPSA) is 59.0 Å². The Morgan fingerprint density at radius 3 is 2.29 bits per heavy atom. The molecule has 6 rings (SSSR count). The Hall–Kier alpha value is -3.67. The number of methoxy groups -OCH3 is 1. The summed E-state index contributed by atoms with van der Waals surface area (Å²) in [4.78, 5) is 15.1. The Balaban J connectivity index is 1.16. The molecule has 2 aliphatic heterocycles. The lowest BCUT2D eigenvalue weighted by Gasteiger charge is -2.38. The van der Waals surface area contributed by atoms with E-state index < -0.39 is 0 Å². The fraction of sp³-hybridized carbons (Fsp3) is 0.361. The highest BCUT2D eigenvalue weighted by Gasteiger charge is 2.49. The third kappa shape index (κ3) is 4.81. The summed E-state index contributed by atoms with van der Waals surface area (Å²) < 4.78 is 12.0. The Kier molecular flexibility index (Phi) is 7.35. The van der Waals surface area contributed by atoms with Crippen molar-refractivity contribution in [1.82, 2.24) is 0 Å². The van der Waals surface area contributed by atoms with Crippen LogP contribution in [0.1, 0.15) is 55.1 Å². The second-order valence-corrected chi connectivity index (χ2v) is 12.1. The summed E-state index contributed by atoms with van der Waals surface area (Å²) in [5.41, 5.74) is 4.96. The fourth-order valence-corrected chi connectivity index (χ4v) is 7.34. The van der Waals surface area contributed by atoms with Crippen molar-refractivity contribution < 1.29 is 19.4 Å². The van der Waals surface area contributed by atoms with Crippen LogP contribution in [0.15, 0.2) is 84.9 Å². The van der Waals surface area contributed by atoms with E-state index in [1.807, 2.05) is 41.3 Å². The van der Waals surface area contributed by atoms with Gasteiger partial charge in [0.2, 0.25) is 0 Å². The van der Waals surface area contributed by atoms with Crippen LogP contribution in [0.2, 0.25) is 0 Å². The van der Waals surface area contributed by atoms with Crippen LogP contribution in [-0.2, 0) is 16.6 Å². The van der Waals surface area contributed by atoms with E-state index in [4.69, 9.17) is 9.47 Å². The highest BCUT2D eigenvalue weighted by atomic mass is 16.5. The van der Waals surface area contributed by atoms with Crippen molar-refractivity contribution >= 4 is 28.1 Å². The molecule has 0 saturated carbocycles. The number of hydrogen-bond acceptors (Lipinski definition) is 4. The zero-order valence-corrected chi connectivity index (χ0v) is 24.3. The highest BCUT2D eigenvalue weighted by Crippen LogP contribution is 2.48. The van der Waals surface area contributed by atoms with Gasteiger partial charge >= 0.3 is 0 Å².